The third kappa shape index (κ3) is 3.46. The van der Waals surface area contributed by atoms with Crippen LogP contribution >= 0.6 is 17.0 Å². The monoisotopic (exact) mass is 397 g/mol. The average Bonchev–Trinajstić information content (AvgIpc) is 2.94. The second-order valence-corrected chi connectivity index (χ2v) is 5.07. The summed E-state index contributed by atoms with van der Waals surface area (Å²) in [6.45, 7) is -2.66. The smallest absolute Gasteiger partial charge is 0.387 e. The second kappa shape index (κ2) is 7.53. The fraction of sp³-hybridized carbons (Fsp3) is 0.176. The largest absolute Gasteiger partial charge is 0.497 e. The van der Waals surface area contributed by atoms with Crippen LogP contribution in [-0.2, 0) is 6.54 Å². The van der Waals surface area contributed by atoms with Crippen molar-refractivity contribution in [3.05, 3.63) is 60.4 Å². The molecule has 0 N–H and O–H groups in total. The third-order valence-corrected chi connectivity index (χ3v) is 3.67. The molecule has 0 aliphatic rings. The normalized spacial score (nSPS) is 10.7. The Balaban J connectivity index is 0.00000208. The van der Waals surface area contributed by atoms with Crippen molar-refractivity contribution in [1.82, 2.24) is 4.57 Å². The molecule has 0 aliphatic carbocycles. The number of hydrogen-bond donors (Lipinski definition) is 0. The van der Waals surface area contributed by atoms with E-state index in [2.05, 4.69) is 0 Å². The van der Waals surface area contributed by atoms with Gasteiger partial charge in [-0.3, -0.25) is 4.79 Å². The Morgan fingerprint density at radius 3 is 2.46 bits per heavy atom. The Morgan fingerprint density at radius 2 is 1.83 bits per heavy atom. The molecule has 3 rings (SSSR count). The first-order valence-corrected chi connectivity index (χ1v) is 7.04. The maximum atomic E-state index is 13.1. The van der Waals surface area contributed by atoms with Gasteiger partial charge in [0.25, 0.3) is 0 Å². The molecule has 0 saturated heterocycles. The van der Waals surface area contributed by atoms with Crippen LogP contribution < -0.4 is 9.30 Å². The zero-order valence-electron chi connectivity index (χ0n) is 12.9. The number of alkyl halides is 2. The number of nitrogens with zero attached hydrogens (tertiary/aromatic N) is 2. The molecule has 3 aromatic rings. The number of ketones is 1. The fourth-order valence-electron chi connectivity index (χ4n) is 2.50. The van der Waals surface area contributed by atoms with E-state index in [4.69, 9.17) is 4.74 Å². The lowest BCUT2D eigenvalue weighted by Crippen LogP contribution is -2.36. The standard InChI is InChI=1S/C17H15F2N2O2.BrH/c1-23-13-8-6-12(7-9-13)16(22)10-20-11-21(17(18)19)15-5-3-2-4-14(15)20;/h2-9,11,17H,10H2,1H3;1H/q+1;. The quantitative estimate of drug-likeness (QED) is 0.484. The van der Waals surface area contributed by atoms with Crippen LogP contribution in [0.2, 0.25) is 0 Å². The highest BCUT2D eigenvalue weighted by molar-refractivity contribution is 8.93. The van der Waals surface area contributed by atoms with Gasteiger partial charge in [0, 0.05) is 5.56 Å². The minimum absolute atomic E-state index is 0. The minimum Gasteiger partial charge on any atom is -0.497 e. The second-order valence-electron chi connectivity index (χ2n) is 5.07. The van der Waals surface area contributed by atoms with Gasteiger partial charge in [0.1, 0.15) is 5.75 Å². The number of ether oxygens (including phenoxy) is 1. The number of halogens is 3. The maximum Gasteiger partial charge on any atom is 0.387 e. The molecule has 0 unspecified atom stereocenters. The molecule has 0 aliphatic heterocycles. The van der Waals surface area contributed by atoms with Crippen molar-refractivity contribution in [3.8, 4) is 5.75 Å². The zero-order chi connectivity index (χ0) is 16.4. The van der Waals surface area contributed by atoms with E-state index in [1.165, 1.54) is 10.9 Å². The molecule has 0 spiro atoms. The van der Waals surface area contributed by atoms with Crippen LogP contribution in [0, 0.1) is 0 Å². The fourth-order valence-corrected chi connectivity index (χ4v) is 2.50. The van der Waals surface area contributed by atoms with Gasteiger partial charge in [-0.25, -0.2) is 4.57 Å². The molecule has 0 radical (unpaired) electrons. The average molecular weight is 398 g/mol. The highest BCUT2D eigenvalue weighted by atomic mass is 79.9. The summed E-state index contributed by atoms with van der Waals surface area (Å²) in [5.41, 5.74) is 1.49. The van der Waals surface area contributed by atoms with Crippen molar-refractivity contribution in [3.63, 3.8) is 0 Å². The summed E-state index contributed by atoms with van der Waals surface area (Å²) in [6, 6.07) is 13.5. The van der Waals surface area contributed by atoms with Gasteiger partial charge in [-0.1, -0.05) is 12.1 Å². The number of para-hydroxylation sites is 2. The predicted octanol–water partition coefficient (Wildman–Crippen LogP) is 3.79. The molecule has 126 valence electrons. The first-order valence-electron chi connectivity index (χ1n) is 7.04. The topological polar surface area (TPSA) is 35.1 Å². The van der Waals surface area contributed by atoms with E-state index in [9.17, 15) is 13.6 Å². The number of imidazole rings is 1. The van der Waals surface area contributed by atoms with Crippen LogP contribution in [0.4, 0.5) is 8.78 Å². The number of carbonyl (C=O) groups is 1. The summed E-state index contributed by atoms with van der Waals surface area (Å²) in [4.78, 5) is 12.4. The molecule has 7 heteroatoms. The lowest BCUT2D eigenvalue weighted by Gasteiger charge is -2.02. The summed E-state index contributed by atoms with van der Waals surface area (Å²) >= 11 is 0. The summed E-state index contributed by atoms with van der Waals surface area (Å²) < 4.78 is 33.7. The number of fused-ring (bicyclic) bond motifs is 1. The summed E-state index contributed by atoms with van der Waals surface area (Å²) in [5.74, 6) is 0.498. The molecular weight excluding hydrogens is 382 g/mol. The van der Waals surface area contributed by atoms with Crippen LogP contribution in [0.5, 0.6) is 5.75 Å². The van der Waals surface area contributed by atoms with Crippen LogP contribution in [0.3, 0.4) is 0 Å². The maximum absolute atomic E-state index is 13.1. The van der Waals surface area contributed by atoms with Crippen LogP contribution in [-0.4, -0.2) is 17.5 Å². The van der Waals surface area contributed by atoms with Gasteiger partial charge in [-0.05, 0) is 36.4 Å². The van der Waals surface area contributed by atoms with Gasteiger partial charge in [-0.2, -0.15) is 13.3 Å². The molecule has 24 heavy (non-hydrogen) atoms. The Labute approximate surface area is 148 Å². The molecule has 1 heterocycles. The Hall–Kier alpha value is -2.28. The number of aromatic nitrogens is 2. The minimum atomic E-state index is -2.66. The van der Waals surface area contributed by atoms with Gasteiger partial charge in [0.2, 0.25) is 12.1 Å². The van der Waals surface area contributed by atoms with Crippen molar-refractivity contribution < 1.29 is 22.9 Å². The Kier molecular flexibility index (Phi) is 5.66. The lowest BCUT2D eigenvalue weighted by atomic mass is 10.1. The first-order chi connectivity index (χ1) is 11.1. The van der Waals surface area contributed by atoms with Gasteiger partial charge < -0.3 is 4.74 Å². The van der Waals surface area contributed by atoms with Crippen molar-refractivity contribution >= 4 is 33.8 Å². The molecular formula is C17H16BrF2N2O2+. The number of carbonyl (C=O) groups excluding carboxylic acids is 1. The van der Waals surface area contributed by atoms with E-state index in [1.807, 2.05) is 0 Å². The van der Waals surface area contributed by atoms with Crippen LogP contribution in [0.1, 0.15) is 16.9 Å². The zero-order valence-corrected chi connectivity index (χ0v) is 14.6. The summed E-state index contributed by atoms with van der Waals surface area (Å²) in [7, 11) is 1.55. The Morgan fingerprint density at radius 1 is 1.17 bits per heavy atom. The third-order valence-electron chi connectivity index (χ3n) is 3.67. The Bertz CT molecular complexity index is 847. The number of methoxy groups -OCH3 is 1. The number of benzene rings is 2. The van der Waals surface area contributed by atoms with Gasteiger partial charge in [-0.15, -0.1) is 17.0 Å². The van der Waals surface area contributed by atoms with E-state index >= 15 is 0 Å². The van der Waals surface area contributed by atoms with Crippen LogP contribution in [0.15, 0.2) is 54.9 Å². The van der Waals surface area contributed by atoms with Gasteiger partial charge >= 0.3 is 6.55 Å². The van der Waals surface area contributed by atoms with Gasteiger partial charge in [0.15, 0.2) is 17.6 Å². The molecule has 1 aromatic heterocycles. The molecule has 0 bridgehead atoms. The van der Waals surface area contributed by atoms with Crippen molar-refractivity contribution in [1.29, 1.82) is 0 Å². The molecule has 0 fully saturated rings. The van der Waals surface area contributed by atoms with Crippen LogP contribution in [0.25, 0.3) is 11.0 Å². The lowest BCUT2D eigenvalue weighted by molar-refractivity contribution is -0.658. The van der Waals surface area contributed by atoms with E-state index in [0.717, 1.165) is 4.57 Å². The highest BCUT2D eigenvalue weighted by Crippen LogP contribution is 2.18. The van der Waals surface area contributed by atoms with Crippen molar-refractivity contribution in [2.24, 2.45) is 0 Å². The SMILES string of the molecule is Br.COc1ccc(C(=O)C[n+]2cn(C(F)F)c3ccccc32)cc1. The molecule has 0 amide bonds. The highest BCUT2D eigenvalue weighted by Gasteiger charge is 2.23. The van der Waals surface area contributed by atoms with Crippen molar-refractivity contribution in [2.45, 2.75) is 13.1 Å². The van der Waals surface area contributed by atoms with E-state index in [0.29, 0.717) is 22.3 Å². The number of hydrogen-bond acceptors (Lipinski definition) is 2. The van der Waals surface area contributed by atoms with E-state index in [-0.39, 0.29) is 29.3 Å². The molecule has 0 atom stereocenters. The molecule has 0 saturated carbocycles. The van der Waals surface area contributed by atoms with E-state index in [1.54, 1.807) is 55.6 Å². The molecule has 2 aromatic carbocycles. The predicted molar refractivity (Wildman–Crippen MR) is 91.0 cm³/mol. The summed E-state index contributed by atoms with van der Waals surface area (Å²) in [6.07, 6.45) is 1.27. The van der Waals surface area contributed by atoms with E-state index < -0.39 is 6.55 Å². The van der Waals surface area contributed by atoms with Crippen molar-refractivity contribution in [2.75, 3.05) is 7.11 Å². The van der Waals surface area contributed by atoms with Gasteiger partial charge in [0.05, 0.1) is 7.11 Å². The summed E-state index contributed by atoms with van der Waals surface area (Å²) in [5, 5.41) is 0. The first kappa shape index (κ1) is 18.1. The number of Topliss-reactive ketones (excluding diaryl/α,β-unsaturated/α-hetero) is 1. The molecule has 4 nitrogen and oxygen atoms in total. The number of rotatable bonds is 5.